The summed E-state index contributed by atoms with van der Waals surface area (Å²) in [6.07, 6.45) is 0. The minimum atomic E-state index is -0.441. The Morgan fingerprint density at radius 1 is 1.36 bits per heavy atom. The van der Waals surface area contributed by atoms with E-state index in [1.807, 2.05) is 34.6 Å². The van der Waals surface area contributed by atoms with Crippen molar-refractivity contribution in [1.29, 1.82) is 0 Å². The Morgan fingerprint density at radius 3 is 2.09 bits per heavy atom. The summed E-state index contributed by atoms with van der Waals surface area (Å²) in [5, 5.41) is 0.407. The van der Waals surface area contributed by atoms with E-state index in [0.717, 1.165) is 0 Å². The van der Waals surface area contributed by atoms with E-state index in [2.05, 4.69) is 5.43 Å². The van der Waals surface area contributed by atoms with Crippen LogP contribution in [0, 0.1) is 4.91 Å². The van der Waals surface area contributed by atoms with E-state index in [1.54, 1.807) is 0 Å². The Balaban J connectivity index is 3.71. The van der Waals surface area contributed by atoms with Crippen LogP contribution in [-0.4, -0.2) is 16.7 Å². The predicted octanol–water partition coefficient (Wildman–Crippen LogP) is 1.41. The molecule has 0 rings (SSSR count). The summed E-state index contributed by atoms with van der Waals surface area (Å²) in [5.41, 5.74) is 2.11. The molecular formula is C7H17N2O2+. The smallest absolute Gasteiger partial charge is 0.200 e. The SMILES string of the molecule is CC(C)N[N+](=O)OC(C)(C)C. The molecule has 0 aromatic heterocycles. The highest BCUT2D eigenvalue weighted by Gasteiger charge is 2.23. The van der Waals surface area contributed by atoms with E-state index in [1.165, 1.54) is 0 Å². The van der Waals surface area contributed by atoms with Crippen molar-refractivity contribution in [3.63, 3.8) is 0 Å². The second-order valence-electron chi connectivity index (χ2n) is 3.74. The number of rotatable bonds is 3. The first-order valence-corrected chi connectivity index (χ1v) is 3.74. The minimum Gasteiger partial charge on any atom is -0.200 e. The molecule has 66 valence electrons. The van der Waals surface area contributed by atoms with Gasteiger partial charge >= 0.3 is 5.03 Å². The highest BCUT2D eigenvalue weighted by molar-refractivity contribution is 4.53. The Kier molecular flexibility index (Phi) is 3.29. The van der Waals surface area contributed by atoms with E-state index in [-0.39, 0.29) is 6.04 Å². The van der Waals surface area contributed by atoms with Gasteiger partial charge in [0.2, 0.25) is 0 Å². The molecular weight excluding hydrogens is 144 g/mol. The van der Waals surface area contributed by atoms with Crippen LogP contribution >= 0.6 is 0 Å². The molecule has 11 heavy (non-hydrogen) atoms. The summed E-state index contributed by atoms with van der Waals surface area (Å²) in [7, 11) is 0. The van der Waals surface area contributed by atoms with Crippen LogP contribution in [0.2, 0.25) is 0 Å². The van der Waals surface area contributed by atoms with Crippen LogP contribution in [0.25, 0.3) is 0 Å². The first kappa shape index (κ1) is 10.2. The fourth-order valence-electron chi connectivity index (χ4n) is 0.486. The molecule has 0 saturated carbocycles. The van der Waals surface area contributed by atoms with Gasteiger partial charge in [-0.15, -0.1) is 0 Å². The highest BCUT2D eigenvalue weighted by Crippen LogP contribution is 2.05. The number of hydrogen-bond acceptors (Lipinski definition) is 2. The molecule has 4 nitrogen and oxygen atoms in total. The van der Waals surface area contributed by atoms with Gasteiger partial charge in [-0.1, -0.05) is 5.43 Å². The minimum absolute atomic E-state index is 0.0925. The lowest BCUT2D eigenvalue weighted by molar-refractivity contribution is -0.861. The Hall–Kier alpha value is -0.800. The molecule has 0 aromatic rings. The van der Waals surface area contributed by atoms with Gasteiger partial charge in [-0.25, -0.2) is 0 Å². The number of nitrogens with zero attached hydrogens (tertiary/aromatic N) is 1. The summed E-state index contributed by atoms with van der Waals surface area (Å²) in [5.74, 6) is 0. The number of hydrazine groups is 1. The molecule has 4 heteroatoms. The third-order valence-electron chi connectivity index (χ3n) is 0.720. The quantitative estimate of drug-likeness (QED) is 0.636. The van der Waals surface area contributed by atoms with Crippen molar-refractivity contribution in [3.8, 4) is 0 Å². The van der Waals surface area contributed by atoms with Crippen LogP contribution in [0.4, 0.5) is 0 Å². The molecule has 1 N–H and O–H groups in total. The molecule has 0 aromatic carbocycles. The standard InChI is InChI=1S/C7H17N2O2/c1-6(2)8-9(10)11-7(3,4)5/h6H,1-5H3,(H,8,10)/q+1. The Labute approximate surface area is 67.4 Å². The van der Waals surface area contributed by atoms with Gasteiger partial charge in [-0.3, -0.25) is 0 Å². The molecule has 0 fully saturated rings. The largest absolute Gasteiger partial charge is 0.357 e. The van der Waals surface area contributed by atoms with Gasteiger partial charge in [-0.2, -0.15) is 4.84 Å². The zero-order valence-electron chi connectivity index (χ0n) is 7.84. The van der Waals surface area contributed by atoms with Crippen LogP contribution in [0.5, 0.6) is 0 Å². The molecule has 0 radical (unpaired) electrons. The van der Waals surface area contributed by atoms with E-state index in [0.29, 0.717) is 5.03 Å². The fraction of sp³-hybridized carbons (Fsp3) is 1.00. The van der Waals surface area contributed by atoms with E-state index < -0.39 is 5.60 Å². The van der Waals surface area contributed by atoms with E-state index in [9.17, 15) is 4.91 Å². The van der Waals surface area contributed by atoms with E-state index in [4.69, 9.17) is 4.84 Å². The van der Waals surface area contributed by atoms with Crippen LogP contribution in [0.1, 0.15) is 34.6 Å². The van der Waals surface area contributed by atoms with Gasteiger partial charge < -0.3 is 0 Å². The van der Waals surface area contributed by atoms with Gasteiger partial charge in [0.05, 0.1) is 6.04 Å². The molecule has 0 unspecified atom stereocenters. The molecule has 0 aliphatic rings. The lowest BCUT2D eigenvalue weighted by Crippen LogP contribution is -2.38. The summed E-state index contributed by atoms with van der Waals surface area (Å²) in [4.78, 5) is 15.8. The average Bonchev–Trinajstić information content (AvgIpc) is 1.53. The van der Waals surface area contributed by atoms with Crippen LogP contribution in [0.3, 0.4) is 0 Å². The predicted molar refractivity (Wildman–Crippen MR) is 42.7 cm³/mol. The Bertz CT molecular complexity index is 138. The zero-order valence-corrected chi connectivity index (χ0v) is 7.84. The molecule has 0 aliphatic heterocycles. The molecule has 0 saturated heterocycles. The first-order valence-electron chi connectivity index (χ1n) is 3.74. The van der Waals surface area contributed by atoms with Crippen molar-refractivity contribution in [2.75, 3.05) is 0 Å². The highest BCUT2D eigenvalue weighted by atomic mass is 16.8. The number of hydrogen-bond donors (Lipinski definition) is 1. The zero-order chi connectivity index (χ0) is 9.07. The van der Waals surface area contributed by atoms with Crippen molar-refractivity contribution in [2.45, 2.75) is 46.3 Å². The lowest BCUT2D eigenvalue weighted by Gasteiger charge is -2.10. The van der Waals surface area contributed by atoms with Crippen molar-refractivity contribution >= 4 is 0 Å². The second-order valence-corrected chi connectivity index (χ2v) is 3.74. The lowest BCUT2D eigenvalue weighted by atomic mass is 10.2. The van der Waals surface area contributed by atoms with Gasteiger partial charge in [0.1, 0.15) is 4.91 Å². The van der Waals surface area contributed by atoms with Gasteiger partial charge in [-0.05, 0) is 34.6 Å². The van der Waals surface area contributed by atoms with E-state index >= 15 is 0 Å². The summed E-state index contributed by atoms with van der Waals surface area (Å²) >= 11 is 0. The van der Waals surface area contributed by atoms with Crippen LogP contribution < -0.4 is 5.43 Å². The summed E-state index contributed by atoms with van der Waals surface area (Å²) in [6, 6.07) is 0.0925. The molecule has 0 heterocycles. The molecule has 0 spiro atoms. The molecule has 0 amide bonds. The van der Waals surface area contributed by atoms with Crippen molar-refractivity contribution < 1.29 is 9.87 Å². The maximum Gasteiger partial charge on any atom is 0.357 e. The molecule has 0 bridgehead atoms. The van der Waals surface area contributed by atoms with Crippen LogP contribution in [-0.2, 0) is 4.84 Å². The van der Waals surface area contributed by atoms with Crippen LogP contribution in [0.15, 0.2) is 0 Å². The monoisotopic (exact) mass is 161 g/mol. The van der Waals surface area contributed by atoms with Crippen molar-refractivity contribution in [2.24, 2.45) is 0 Å². The molecule has 0 aliphatic carbocycles. The average molecular weight is 161 g/mol. The summed E-state index contributed by atoms with van der Waals surface area (Å²) in [6.45, 7) is 9.20. The third kappa shape index (κ3) is 7.09. The maximum atomic E-state index is 10.9. The number of nitrogens with one attached hydrogen (secondary N) is 1. The third-order valence-corrected chi connectivity index (χ3v) is 0.720. The second kappa shape index (κ2) is 3.55. The van der Waals surface area contributed by atoms with Gasteiger partial charge in [0.15, 0.2) is 5.60 Å². The first-order chi connectivity index (χ1) is 4.81. The molecule has 0 atom stereocenters. The maximum absolute atomic E-state index is 10.9. The topological polar surface area (TPSA) is 41.3 Å². The van der Waals surface area contributed by atoms with Gasteiger partial charge in [0, 0.05) is 0 Å². The summed E-state index contributed by atoms with van der Waals surface area (Å²) < 4.78 is 0. The van der Waals surface area contributed by atoms with Gasteiger partial charge in [0.25, 0.3) is 0 Å². The van der Waals surface area contributed by atoms with Crippen molar-refractivity contribution in [3.05, 3.63) is 4.91 Å². The fourth-order valence-corrected chi connectivity index (χ4v) is 0.486. The normalized spacial score (nSPS) is 11.5. The Morgan fingerprint density at radius 2 is 1.82 bits per heavy atom. The van der Waals surface area contributed by atoms with Crippen molar-refractivity contribution in [1.82, 2.24) is 5.43 Å².